The zero-order valence-corrected chi connectivity index (χ0v) is 17.2. The number of halogens is 5. The monoisotopic (exact) mass is 449 g/mol. The second-order valence-corrected chi connectivity index (χ2v) is 7.74. The lowest BCUT2D eigenvalue weighted by atomic mass is 9.98. The molecule has 1 aliphatic rings. The van der Waals surface area contributed by atoms with Gasteiger partial charge in [-0.15, -0.1) is 0 Å². The van der Waals surface area contributed by atoms with Crippen molar-refractivity contribution in [2.24, 2.45) is 0 Å². The molecule has 9 heteroatoms. The van der Waals surface area contributed by atoms with Gasteiger partial charge < -0.3 is 9.47 Å². The van der Waals surface area contributed by atoms with Crippen molar-refractivity contribution in [1.82, 2.24) is 14.5 Å². The molecule has 1 aromatic heterocycles. The SMILES string of the molecule is Cc1nc2n(c1-c1ccc(C(F)(F)c3ccccc3)cc1)CN(CCCC(F)(F)F)C2=O. The number of rotatable bonds is 6. The lowest BCUT2D eigenvalue weighted by Gasteiger charge is -2.18. The molecule has 0 unspecified atom stereocenters. The van der Waals surface area contributed by atoms with Gasteiger partial charge in [0.2, 0.25) is 5.82 Å². The number of benzene rings is 2. The summed E-state index contributed by atoms with van der Waals surface area (Å²) in [4.78, 5) is 18.1. The highest BCUT2D eigenvalue weighted by Gasteiger charge is 2.35. The van der Waals surface area contributed by atoms with E-state index in [4.69, 9.17) is 0 Å². The van der Waals surface area contributed by atoms with Crippen LogP contribution in [0.5, 0.6) is 0 Å². The van der Waals surface area contributed by atoms with E-state index < -0.39 is 24.4 Å². The molecular formula is C23H20F5N3O. The van der Waals surface area contributed by atoms with Gasteiger partial charge in [0, 0.05) is 29.7 Å². The van der Waals surface area contributed by atoms with Crippen LogP contribution in [0.1, 0.15) is 40.3 Å². The van der Waals surface area contributed by atoms with Gasteiger partial charge in [-0.1, -0.05) is 54.6 Å². The van der Waals surface area contributed by atoms with E-state index in [1.165, 1.54) is 29.2 Å². The van der Waals surface area contributed by atoms with Crippen LogP contribution in [0.25, 0.3) is 11.3 Å². The van der Waals surface area contributed by atoms with Gasteiger partial charge in [-0.25, -0.2) is 4.98 Å². The predicted octanol–water partition coefficient (Wildman–Crippen LogP) is 5.75. The third-order valence-corrected chi connectivity index (χ3v) is 5.48. The average molecular weight is 449 g/mol. The molecule has 4 rings (SSSR count). The molecule has 0 bridgehead atoms. The van der Waals surface area contributed by atoms with Gasteiger partial charge in [-0.2, -0.15) is 22.0 Å². The van der Waals surface area contributed by atoms with Crippen LogP contribution >= 0.6 is 0 Å². The molecule has 1 aliphatic heterocycles. The number of aromatic nitrogens is 2. The highest BCUT2D eigenvalue weighted by atomic mass is 19.4. The number of fused-ring (bicyclic) bond motifs is 1. The maximum atomic E-state index is 14.8. The van der Waals surface area contributed by atoms with Crippen molar-refractivity contribution < 1.29 is 26.7 Å². The maximum absolute atomic E-state index is 14.8. The number of carbonyl (C=O) groups excluding carboxylic acids is 1. The summed E-state index contributed by atoms with van der Waals surface area (Å²) < 4.78 is 68.5. The smallest absolute Gasteiger partial charge is 0.318 e. The number of aryl methyl sites for hydroxylation is 1. The fourth-order valence-electron chi connectivity index (χ4n) is 3.91. The normalized spacial score (nSPS) is 14.2. The van der Waals surface area contributed by atoms with Crippen LogP contribution in [-0.4, -0.2) is 33.1 Å². The zero-order chi connectivity index (χ0) is 23.1. The highest BCUT2D eigenvalue weighted by Crippen LogP contribution is 2.37. The second kappa shape index (κ2) is 8.03. The second-order valence-electron chi connectivity index (χ2n) is 7.74. The third kappa shape index (κ3) is 4.11. The Bertz CT molecular complexity index is 1120. The van der Waals surface area contributed by atoms with Crippen LogP contribution < -0.4 is 0 Å². The van der Waals surface area contributed by atoms with Crippen LogP contribution in [-0.2, 0) is 12.6 Å². The van der Waals surface area contributed by atoms with Crippen LogP contribution in [0.4, 0.5) is 22.0 Å². The first-order valence-electron chi connectivity index (χ1n) is 10.1. The molecule has 0 saturated heterocycles. The third-order valence-electron chi connectivity index (χ3n) is 5.48. The summed E-state index contributed by atoms with van der Waals surface area (Å²) in [5.74, 6) is -3.46. The predicted molar refractivity (Wildman–Crippen MR) is 108 cm³/mol. The average Bonchev–Trinajstić information content (AvgIpc) is 3.22. The Balaban J connectivity index is 1.57. The van der Waals surface area contributed by atoms with E-state index in [1.54, 1.807) is 41.8 Å². The van der Waals surface area contributed by atoms with Crippen LogP contribution in [0, 0.1) is 6.92 Å². The minimum Gasteiger partial charge on any atom is -0.318 e. The van der Waals surface area contributed by atoms with Crippen LogP contribution in [0.3, 0.4) is 0 Å². The van der Waals surface area contributed by atoms with Crippen molar-refractivity contribution in [2.45, 2.75) is 38.5 Å². The van der Waals surface area contributed by atoms with E-state index >= 15 is 0 Å². The van der Waals surface area contributed by atoms with E-state index in [9.17, 15) is 26.7 Å². The van der Waals surface area contributed by atoms with Gasteiger partial charge >= 0.3 is 6.18 Å². The quantitative estimate of drug-likeness (QED) is 0.449. The van der Waals surface area contributed by atoms with E-state index in [0.717, 1.165) is 0 Å². The Kier molecular flexibility index (Phi) is 5.52. The van der Waals surface area contributed by atoms with Gasteiger partial charge in [-0.05, 0) is 13.3 Å². The minimum absolute atomic E-state index is 0.0393. The molecule has 0 radical (unpaired) electrons. The summed E-state index contributed by atoms with van der Waals surface area (Å²) in [5.41, 5.74) is 1.44. The molecule has 3 aromatic rings. The van der Waals surface area contributed by atoms with Crippen LogP contribution in [0.2, 0.25) is 0 Å². The molecule has 0 spiro atoms. The topological polar surface area (TPSA) is 38.1 Å². The van der Waals surface area contributed by atoms with Crippen molar-refractivity contribution >= 4 is 5.91 Å². The number of carbonyl (C=O) groups is 1. The van der Waals surface area contributed by atoms with Gasteiger partial charge in [0.25, 0.3) is 11.8 Å². The molecule has 2 aromatic carbocycles. The van der Waals surface area contributed by atoms with Gasteiger partial charge in [0.15, 0.2) is 0 Å². The molecule has 0 atom stereocenters. The summed E-state index contributed by atoms with van der Waals surface area (Å²) in [6.45, 7) is 1.74. The summed E-state index contributed by atoms with van der Waals surface area (Å²) in [7, 11) is 0. The van der Waals surface area contributed by atoms with Crippen molar-refractivity contribution in [3.8, 4) is 11.3 Å². The molecule has 0 fully saturated rings. The van der Waals surface area contributed by atoms with E-state index in [-0.39, 0.29) is 36.6 Å². The summed E-state index contributed by atoms with van der Waals surface area (Å²) in [6, 6.07) is 13.2. The maximum Gasteiger partial charge on any atom is 0.389 e. The first-order valence-corrected chi connectivity index (χ1v) is 10.1. The number of hydrogen-bond acceptors (Lipinski definition) is 2. The number of alkyl halides is 5. The Morgan fingerprint density at radius 2 is 1.56 bits per heavy atom. The Morgan fingerprint density at radius 3 is 2.19 bits per heavy atom. The molecule has 4 nitrogen and oxygen atoms in total. The number of hydrogen-bond donors (Lipinski definition) is 0. The molecule has 168 valence electrons. The molecule has 2 heterocycles. The van der Waals surface area contributed by atoms with E-state index in [1.807, 2.05) is 0 Å². The standard InChI is InChI=1S/C23H20F5N3O/c1-15-19(31-14-30(21(32)20(31)29-15)13-5-12-22(24,25)26)16-8-10-18(11-9-16)23(27,28)17-6-3-2-4-7-17/h2-4,6-11H,5,12-14H2,1H3. The number of amides is 1. The minimum atomic E-state index is -4.28. The first kappa shape index (κ1) is 22.0. The van der Waals surface area contributed by atoms with E-state index in [0.29, 0.717) is 17.0 Å². The molecule has 32 heavy (non-hydrogen) atoms. The lowest BCUT2D eigenvalue weighted by Crippen LogP contribution is -2.27. The van der Waals surface area contributed by atoms with Gasteiger partial charge in [-0.3, -0.25) is 4.79 Å². The summed E-state index contributed by atoms with van der Waals surface area (Å²) in [5, 5.41) is 0. The molecule has 1 amide bonds. The van der Waals surface area contributed by atoms with Crippen molar-refractivity contribution in [1.29, 1.82) is 0 Å². The molecule has 0 aliphatic carbocycles. The van der Waals surface area contributed by atoms with Crippen molar-refractivity contribution in [3.05, 3.63) is 77.2 Å². The molecular weight excluding hydrogens is 429 g/mol. The fraction of sp³-hybridized carbons (Fsp3) is 0.304. The zero-order valence-electron chi connectivity index (χ0n) is 17.2. The van der Waals surface area contributed by atoms with Crippen LogP contribution in [0.15, 0.2) is 54.6 Å². The Labute approximate surface area is 181 Å². The lowest BCUT2D eigenvalue weighted by molar-refractivity contribution is -0.136. The Hall–Kier alpha value is -3.23. The molecule has 0 N–H and O–H groups in total. The van der Waals surface area contributed by atoms with Gasteiger partial charge in [0.1, 0.15) is 0 Å². The van der Waals surface area contributed by atoms with E-state index in [2.05, 4.69) is 4.98 Å². The van der Waals surface area contributed by atoms with Gasteiger partial charge in [0.05, 0.1) is 18.1 Å². The number of nitrogens with zero attached hydrogens (tertiary/aromatic N) is 3. The first-order chi connectivity index (χ1) is 15.1. The van der Waals surface area contributed by atoms with Crippen molar-refractivity contribution in [3.63, 3.8) is 0 Å². The summed E-state index contributed by atoms with van der Waals surface area (Å²) in [6.07, 6.45) is -5.44. The largest absolute Gasteiger partial charge is 0.389 e. The highest BCUT2D eigenvalue weighted by molar-refractivity contribution is 5.94. The molecule has 0 saturated carbocycles. The summed E-state index contributed by atoms with van der Waals surface area (Å²) >= 11 is 0. The Morgan fingerprint density at radius 1 is 0.938 bits per heavy atom. The van der Waals surface area contributed by atoms with Crippen molar-refractivity contribution in [2.75, 3.05) is 6.54 Å². The fourth-order valence-corrected chi connectivity index (χ4v) is 3.91. The number of imidazole rings is 1.